The predicted octanol–water partition coefficient (Wildman–Crippen LogP) is 1.69. The smallest absolute Gasteiger partial charge is 0.274 e. The maximum atomic E-state index is 12.2. The van der Waals surface area contributed by atoms with Gasteiger partial charge in [-0.3, -0.25) is 9.78 Å². The number of hydrogen-bond acceptors (Lipinski definition) is 4. The highest BCUT2D eigenvalue weighted by Crippen LogP contribution is 2.09. The quantitative estimate of drug-likeness (QED) is 0.754. The van der Waals surface area contributed by atoms with Crippen LogP contribution < -0.4 is 5.32 Å². The molecule has 6 heteroatoms. The third-order valence-corrected chi connectivity index (χ3v) is 2.63. The van der Waals surface area contributed by atoms with Crippen molar-refractivity contribution < 1.29 is 4.79 Å². The monoisotopic (exact) mass is 253 g/mol. The summed E-state index contributed by atoms with van der Waals surface area (Å²) in [7, 11) is 0. The van der Waals surface area contributed by atoms with E-state index in [1.54, 1.807) is 36.8 Å². The number of aryl methyl sites for hydroxylation is 1. The van der Waals surface area contributed by atoms with Crippen molar-refractivity contribution in [1.29, 1.82) is 0 Å². The fraction of sp³-hybridized carbons (Fsp3) is 0.0769. The molecule has 0 aromatic carbocycles. The zero-order valence-electron chi connectivity index (χ0n) is 10.2. The molecule has 0 radical (unpaired) electrons. The van der Waals surface area contributed by atoms with Crippen LogP contribution >= 0.6 is 0 Å². The van der Waals surface area contributed by atoms with Crippen molar-refractivity contribution in [2.24, 2.45) is 0 Å². The van der Waals surface area contributed by atoms with E-state index in [2.05, 4.69) is 20.4 Å². The van der Waals surface area contributed by atoms with Gasteiger partial charge in [-0.1, -0.05) is 0 Å². The standard InChI is InChI=1S/C13H11N5O/c1-9-7-12-15-6-4-11(18(12)17-9)13(19)16-10-3-2-5-14-8-10/h2-8H,1H3,(H,16,19). The summed E-state index contributed by atoms with van der Waals surface area (Å²) in [5.41, 5.74) is 2.54. The Kier molecular flexibility index (Phi) is 2.68. The first-order valence-corrected chi connectivity index (χ1v) is 5.77. The number of carbonyl (C=O) groups excluding carboxylic acids is 1. The van der Waals surface area contributed by atoms with Crippen LogP contribution in [0.2, 0.25) is 0 Å². The molecule has 6 nitrogen and oxygen atoms in total. The van der Waals surface area contributed by atoms with Crippen LogP contribution in [0.4, 0.5) is 5.69 Å². The van der Waals surface area contributed by atoms with Crippen molar-refractivity contribution in [3.8, 4) is 0 Å². The number of nitrogens with one attached hydrogen (secondary N) is 1. The van der Waals surface area contributed by atoms with Gasteiger partial charge in [0.1, 0.15) is 5.69 Å². The number of carbonyl (C=O) groups is 1. The molecule has 3 rings (SSSR count). The van der Waals surface area contributed by atoms with Gasteiger partial charge in [-0.25, -0.2) is 9.50 Å². The van der Waals surface area contributed by atoms with Gasteiger partial charge in [-0.05, 0) is 25.1 Å². The Bertz CT molecular complexity index is 735. The third-order valence-electron chi connectivity index (χ3n) is 2.63. The molecule has 3 heterocycles. The summed E-state index contributed by atoms with van der Waals surface area (Å²) in [5.74, 6) is -0.247. The zero-order valence-corrected chi connectivity index (χ0v) is 10.2. The SMILES string of the molecule is Cc1cc2nccc(C(=O)Nc3cccnc3)n2n1. The summed E-state index contributed by atoms with van der Waals surface area (Å²) in [6.45, 7) is 1.86. The molecule has 0 bridgehead atoms. The van der Waals surface area contributed by atoms with Gasteiger partial charge in [0.25, 0.3) is 5.91 Å². The number of fused-ring (bicyclic) bond motifs is 1. The number of anilines is 1. The van der Waals surface area contributed by atoms with Crippen LogP contribution in [0.25, 0.3) is 5.65 Å². The molecular weight excluding hydrogens is 242 g/mol. The van der Waals surface area contributed by atoms with E-state index in [1.807, 2.05) is 13.0 Å². The molecule has 1 N–H and O–H groups in total. The zero-order chi connectivity index (χ0) is 13.2. The number of amides is 1. The summed E-state index contributed by atoms with van der Waals surface area (Å²) in [6, 6.07) is 6.99. The van der Waals surface area contributed by atoms with Gasteiger partial charge in [0.05, 0.1) is 17.6 Å². The molecule has 0 fully saturated rings. The highest BCUT2D eigenvalue weighted by atomic mass is 16.2. The Hall–Kier alpha value is -2.76. The average molecular weight is 253 g/mol. The molecule has 0 atom stereocenters. The van der Waals surface area contributed by atoms with E-state index >= 15 is 0 Å². The fourth-order valence-electron chi connectivity index (χ4n) is 1.81. The highest BCUT2D eigenvalue weighted by Gasteiger charge is 2.12. The second-order valence-electron chi connectivity index (χ2n) is 4.08. The van der Waals surface area contributed by atoms with Gasteiger partial charge in [-0.15, -0.1) is 0 Å². The molecule has 0 aliphatic carbocycles. The van der Waals surface area contributed by atoms with Crippen LogP contribution in [-0.4, -0.2) is 25.5 Å². The van der Waals surface area contributed by atoms with Crippen molar-refractivity contribution in [3.63, 3.8) is 0 Å². The lowest BCUT2D eigenvalue weighted by molar-refractivity contribution is 0.102. The van der Waals surface area contributed by atoms with Crippen molar-refractivity contribution in [2.75, 3.05) is 5.32 Å². The molecule has 94 valence electrons. The second-order valence-corrected chi connectivity index (χ2v) is 4.08. The fourth-order valence-corrected chi connectivity index (χ4v) is 1.81. The van der Waals surface area contributed by atoms with Crippen molar-refractivity contribution in [1.82, 2.24) is 19.6 Å². The molecule has 0 saturated carbocycles. The average Bonchev–Trinajstić information content (AvgIpc) is 2.79. The first-order chi connectivity index (χ1) is 9.24. The Balaban J connectivity index is 1.98. The van der Waals surface area contributed by atoms with Gasteiger partial charge in [-0.2, -0.15) is 5.10 Å². The van der Waals surface area contributed by atoms with E-state index < -0.39 is 0 Å². The maximum absolute atomic E-state index is 12.2. The lowest BCUT2D eigenvalue weighted by Gasteiger charge is -2.05. The number of rotatable bonds is 2. The molecule has 0 aliphatic rings. The highest BCUT2D eigenvalue weighted by molar-refractivity contribution is 6.03. The molecule has 1 amide bonds. The molecule has 0 spiro atoms. The lowest BCUT2D eigenvalue weighted by Crippen LogP contribution is -2.16. The summed E-state index contributed by atoms with van der Waals surface area (Å²) < 4.78 is 1.53. The summed E-state index contributed by atoms with van der Waals surface area (Å²) in [4.78, 5) is 20.3. The maximum Gasteiger partial charge on any atom is 0.274 e. The van der Waals surface area contributed by atoms with Gasteiger partial charge in [0.2, 0.25) is 0 Å². The van der Waals surface area contributed by atoms with Crippen LogP contribution in [0.5, 0.6) is 0 Å². The summed E-state index contributed by atoms with van der Waals surface area (Å²) in [5, 5.41) is 7.02. The van der Waals surface area contributed by atoms with E-state index in [1.165, 1.54) is 4.52 Å². The van der Waals surface area contributed by atoms with E-state index in [0.29, 0.717) is 17.0 Å². The van der Waals surface area contributed by atoms with Crippen LogP contribution in [0.1, 0.15) is 16.2 Å². The first-order valence-electron chi connectivity index (χ1n) is 5.77. The van der Waals surface area contributed by atoms with Crippen LogP contribution in [-0.2, 0) is 0 Å². The largest absolute Gasteiger partial charge is 0.319 e. The Morgan fingerprint density at radius 2 is 2.21 bits per heavy atom. The molecule has 0 aliphatic heterocycles. The van der Waals surface area contributed by atoms with Crippen LogP contribution in [0.15, 0.2) is 42.9 Å². The van der Waals surface area contributed by atoms with Gasteiger partial charge in [0.15, 0.2) is 5.65 Å². The molecule has 3 aromatic rings. The van der Waals surface area contributed by atoms with E-state index in [4.69, 9.17) is 0 Å². The lowest BCUT2D eigenvalue weighted by atomic mass is 10.3. The molecule has 0 saturated heterocycles. The summed E-state index contributed by atoms with van der Waals surface area (Å²) >= 11 is 0. The minimum atomic E-state index is -0.247. The normalized spacial score (nSPS) is 10.6. The Morgan fingerprint density at radius 1 is 1.32 bits per heavy atom. The van der Waals surface area contributed by atoms with Crippen molar-refractivity contribution in [2.45, 2.75) is 6.92 Å². The van der Waals surface area contributed by atoms with Crippen LogP contribution in [0.3, 0.4) is 0 Å². The number of hydrogen-bond donors (Lipinski definition) is 1. The Labute approximate surface area is 109 Å². The number of pyridine rings is 1. The van der Waals surface area contributed by atoms with E-state index in [9.17, 15) is 4.79 Å². The predicted molar refractivity (Wildman–Crippen MR) is 69.9 cm³/mol. The number of aromatic nitrogens is 4. The Morgan fingerprint density at radius 3 is 3.00 bits per heavy atom. The van der Waals surface area contributed by atoms with Crippen LogP contribution in [0, 0.1) is 6.92 Å². The third kappa shape index (κ3) is 2.15. The van der Waals surface area contributed by atoms with E-state index in [-0.39, 0.29) is 5.91 Å². The van der Waals surface area contributed by atoms with Gasteiger partial charge < -0.3 is 5.32 Å². The number of nitrogens with zero attached hydrogens (tertiary/aromatic N) is 4. The van der Waals surface area contributed by atoms with Crippen molar-refractivity contribution >= 4 is 17.2 Å². The van der Waals surface area contributed by atoms with Gasteiger partial charge in [0, 0.05) is 18.5 Å². The van der Waals surface area contributed by atoms with Crippen molar-refractivity contribution in [3.05, 3.63) is 54.2 Å². The van der Waals surface area contributed by atoms with E-state index in [0.717, 1.165) is 5.69 Å². The molecule has 0 unspecified atom stereocenters. The molecule has 19 heavy (non-hydrogen) atoms. The minimum Gasteiger partial charge on any atom is -0.319 e. The second kappa shape index (κ2) is 4.49. The molecule has 3 aromatic heterocycles. The molecular formula is C13H11N5O. The minimum absolute atomic E-state index is 0.247. The summed E-state index contributed by atoms with van der Waals surface area (Å²) in [6.07, 6.45) is 4.83. The first kappa shape index (κ1) is 11.3. The van der Waals surface area contributed by atoms with Gasteiger partial charge >= 0.3 is 0 Å². The topological polar surface area (TPSA) is 72.2 Å².